The van der Waals surface area contributed by atoms with E-state index in [2.05, 4.69) is 4.94 Å². The van der Waals surface area contributed by atoms with E-state index in [-0.39, 0.29) is 0 Å². The van der Waals surface area contributed by atoms with Gasteiger partial charge in [-0.3, -0.25) is 0 Å². The lowest BCUT2D eigenvalue weighted by Gasteiger charge is -2.07. The van der Waals surface area contributed by atoms with Crippen molar-refractivity contribution in [2.45, 2.75) is 12.8 Å². The molecule has 0 aliphatic carbocycles. The Morgan fingerprint density at radius 3 is 2.14 bits per heavy atom. The molecule has 1 N–H and O–H groups in total. The molecule has 7 heavy (non-hydrogen) atoms. The van der Waals surface area contributed by atoms with E-state index in [1.807, 2.05) is 5.01 Å². The van der Waals surface area contributed by atoms with Crippen molar-refractivity contribution in [1.82, 2.24) is 9.95 Å². The number of hydrogen-bond acceptors (Lipinski definition) is 2. The highest BCUT2D eigenvalue weighted by atomic mass is 35.5. The molecule has 2 nitrogen and oxygen atoms in total. The summed E-state index contributed by atoms with van der Waals surface area (Å²) in [6.45, 7) is 2.20. The first-order valence-electron chi connectivity index (χ1n) is 2.55. The van der Waals surface area contributed by atoms with Crippen LogP contribution in [-0.4, -0.2) is 18.1 Å². The molecule has 0 radical (unpaired) electrons. The molecule has 1 aliphatic heterocycles. The molecule has 0 saturated carbocycles. The quantitative estimate of drug-likeness (QED) is 0.514. The van der Waals surface area contributed by atoms with Crippen molar-refractivity contribution in [2.24, 2.45) is 0 Å². The van der Waals surface area contributed by atoms with Crippen molar-refractivity contribution in [1.29, 1.82) is 0 Å². The molecule has 1 aliphatic rings. The SMILES string of the molecule is ClNN1CCCC1. The van der Waals surface area contributed by atoms with Gasteiger partial charge in [0.05, 0.1) is 0 Å². The van der Waals surface area contributed by atoms with E-state index in [1.54, 1.807) is 0 Å². The van der Waals surface area contributed by atoms with E-state index in [1.165, 1.54) is 12.8 Å². The third kappa shape index (κ3) is 1.30. The average molecular weight is 121 g/mol. The van der Waals surface area contributed by atoms with Gasteiger partial charge in [-0.15, -0.1) is 0 Å². The smallest absolute Gasteiger partial charge is 0.0143 e. The molecule has 0 amide bonds. The molecule has 1 saturated heterocycles. The van der Waals surface area contributed by atoms with E-state index in [0.29, 0.717) is 0 Å². The van der Waals surface area contributed by atoms with Crippen molar-refractivity contribution in [3.63, 3.8) is 0 Å². The highest BCUT2D eigenvalue weighted by molar-refractivity contribution is 6.13. The Morgan fingerprint density at radius 1 is 1.29 bits per heavy atom. The maximum atomic E-state index is 5.28. The van der Waals surface area contributed by atoms with Crippen LogP contribution in [0.25, 0.3) is 0 Å². The summed E-state index contributed by atoms with van der Waals surface area (Å²) in [5.41, 5.74) is 0. The summed E-state index contributed by atoms with van der Waals surface area (Å²) < 4.78 is 0. The summed E-state index contributed by atoms with van der Waals surface area (Å²) in [7, 11) is 0. The number of halogens is 1. The van der Waals surface area contributed by atoms with Gasteiger partial charge in [-0.1, -0.05) is 0 Å². The molecule has 0 atom stereocenters. The predicted molar refractivity (Wildman–Crippen MR) is 29.8 cm³/mol. The Labute approximate surface area is 48.5 Å². The number of rotatable bonds is 1. The van der Waals surface area contributed by atoms with Crippen LogP contribution >= 0.6 is 11.8 Å². The molecule has 0 bridgehead atoms. The van der Waals surface area contributed by atoms with Gasteiger partial charge in [0.25, 0.3) is 0 Å². The summed E-state index contributed by atoms with van der Waals surface area (Å²) in [4.78, 5) is 2.57. The van der Waals surface area contributed by atoms with Gasteiger partial charge in [-0.2, -0.15) is 4.94 Å². The van der Waals surface area contributed by atoms with Gasteiger partial charge in [0.1, 0.15) is 0 Å². The van der Waals surface area contributed by atoms with Crippen LogP contribution in [0.2, 0.25) is 0 Å². The van der Waals surface area contributed by atoms with Gasteiger partial charge in [-0.25, -0.2) is 5.01 Å². The minimum absolute atomic E-state index is 1.10. The van der Waals surface area contributed by atoms with Crippen molar-refractivity contribution in [2.75, 3.05) is 13.1 Å². The lowest BCUT2D eigenvalue weighted by Crippen LogP contribution is -2.27. The standard InChI is InChI=1S/C4H9ClN2/c5-6-7-3-1-2-4-7/h6H,1-4H2. The molecule has 0 aromatic rings. The molecule has 0 spiro atoms. The molecule has 0 aromatic heterocycles. The highest BCUT2D eigenvalue weighted by Crippen LogP contribution is 2.03. The third-order valence-corrected chi connectivity index (χ3v) is 1.46. The number of hydrazine groups is 1. The average Bonchev–Trinajstić information content (AvgIpc) is 2.14. The van der Waals surface area contributed by atoms with E-state index in [9.17, 15) is 0 Å². The molecule has 0 unspecified atom stereocenters. The number of nitrogens with one attached hydrogen (secondary N) is 1. The molecule has 0 aromatic carbocycles. The van der Waals surface area contributed by atoms with Crippen LogP contribution in [0.4, 0.5) is 0 Å². The van der Waals surface area contributed by atoms with Crippen LogP contribution in [0.3, 0.4) is 0 Å². The second kappa shape index (κ2) is 2.50. The van der Waals surface area contributed by atoms with E-state index < -0.39 is 0 Å². The van der Waals surface area contributed by atoms with Crippen molar-refractivity contribution in [3.8, 4) is 0 Å². The topological polar surface area (TPSA) is 15.3 Å². The fourth-order valence-electron chi connectivity index (χ4n) is 0.802. The van der Waals surface area contributed by atoms with Crippen LogP contribution in [0.15, 0.2) is 0 Å². The van der Waals surface area contributed by atoms with Crippen molar-refractivity contribution in [3.05, 3.63) is 0 Å². The highest BCUT2D eigenvalue weighted by Gasteiger charge is 2.07. The molecule has 1 rings (SSSR count). The minimum atomic E-state index is 1.10. The fourth-order valence-corrected chi connectivity index (χ4v) is 0.971. The molecule has 1 fully saturated rings. The molecule has 1 heterocycles. The first-order chi connectivity index (χ1) is 3.43. The summed E-state index contributed by atoms with van der Waals surface area (Å²) >= 11 is 5.28. The zero-order valence-corrected chi connectivity index (χ0v) is 4.91. The van der Waals surface area contributed by atoms with Crippen molar-refractivity contribution < 1.29 is 0 Å². The first kappa shape index (κ1) is 5.35. The van der Waals surface area contributed by atoms with Crippen molar-refractivity contribution >= 4 is 11.8 Å². The van der Waals surface area contributed by atoms with E-state index in [4.69, 9.17) is 11.8 Å². The van der Waals surface area contributed by atoms with Gasteiger partial charge in [0.2, 0.25) is 0 Å². The molecular weight excluding hydrogens is 112 g/mol. The fraction of sp³-hybridized carbons (Fsp3) is 1.00. The summed E-state index contributed by atoms with van der Waals surface area (Å²) in [6.07, 6.45) is 2.56. The second-order valence-electron chi connectivity index (χ2n) is 1.78. The molecule has 42 valence electrons. The van der Waals surface area contributed by atoms with Gasteiger partial charge >= 0.3 is 0 Å². The van der Waals surface area contributed by atoms with Crippen LogP contribution in [0.5, 0.6) is 0 Å². The van der Waals surface area contributed by atoms with E-state index in [0.717, 1.165) is 13.1 Å². The minimum Gasteiger partial charge on any atom is -0.230 e. The van der Waals surface area contributed by atoms with Gasteiger partial charge in [0, 0.05) is 13.1 Å². The second-order valence-corrected chi connectivity index (χ2v) is 1.95. The Bertz CT molecular complexity index is 51.7. The number of nitrogens with zero attached hydrogens (tertiary/aromatic N) is 1. The molecule has 3 heteroatoms. The maximum absolute atomic E-state index is 5.28. The van der Waals surface area contributed by atoms with Crippen LogP contribution in [0.1, 0.15) is 12.8 Å². The number of hydrogen-bond donors (Lipinski definition) is 1. The summed E-state index contributed by atoms with van der Waals surface area (Å²) in [5, 5.41) is 2.00. The molecular formula is C4H9ClN2. The third-order valence-electron chi connectivity index (χ3n) is 1.23. The first-order valence-corrected chi connectivity index (χ1v) is 2.92. The Morgan fingerprint density at radius 2 is 1.86 bits per heavy atom. The Hall–Kier alpha value is 0.210. The maximum Gasteiger partial charge on any atom is 0.0143 e. The zero-order valence-electron chi connectivity index (χ0n) is 4.15. The normalized spacial score (nSPS) is 23.6. The van der Waals surface area contributed by atoms with E-state index >= 15 is 0 Å². The van der Waals surface area contributed by atoms with Crippen LogP contribution in [-0.2, 0) is 0 Å². The summed E-state index contributed by atoms with van der Waals surface area (Å²) in [6, 6.07) is 0. The zero-order chi connectivity index (χ0) is 5.11. The van der Waals surface area contributed by atoms with Crippen LogP contribution in [0, 0.1) is 0 Å². The van der Waals surface area contributed by atoms with Gasteiger partial charge in [0.15, 0.2) is 0 Å². The predicted octanol–water partition coefficient (Wildman–Crippen LogP) is 0.741. The monoisotopic (exact) mass is 120 g/mol. The Balaban J connectivity index is 2.14. The van der Waals surface area contributed by atoms with Gasteiger partial charge < -0.3 is 0 Å². The lowest BCUT2D eigenvalue weighted by atomic mass is 10.4. The van der Waals surface area contributed by atoms with Gasteiger partial charge in [-0.05, 0) is 24.6 Å². The largest absolute Gasteiger partial charge is 0.230 e. The summed E-state index contributed by atoms with van der Waals surface area (Å²) in [5.74, 6) is 0. The Kier molecular flexibility index (Phi) is 1.91. The lowest BCUT2D eigenvalue weighted by molar-refractivity contribution is 0.308. The van der Waals surface area contributed by atoms with Crippen LogP contribution < -0.4 is 4.94 Å².